The number of esters is 1. The van der Waals surface area contributed by atoms with Gasteiger partial charge < -0.3 is 10.1 Å². The van der Waals surface area contributed by atoms with Gasteiger partial charge in [0.05, 0.1) is 0 Å². The summed E-state index contributed by atoms with van der Waals surface area (Å²) in [6.45, 7) is 0.438. The monoisotopic (exact) mass is 139 g/mol. The van der Waals surface area contributed by atoms with E-state index in [1.807, 2.05) is 0 Å². The van der Waals surface area contributed by atoms with E-state index in [0.717, 1.165) is 0 Å². The largest absolute Gasteiger partial charge is 0.457 e. The second kappa shape index (κ2) is 2.01. The summed E-state index contributed by atoms with van der Waals surface area (Å²) in [5, 5.41) is 3.09. The van der Waals surface area contributed by atoms with E-state index in [1.54, 1.807) is 6.08 Å². The molecule has 0 saturated heterocycles. The zero-order chi connectivity index (χ0) is 6.97. The van der Waals surface area contributed by atoms with Crippen LogP contribution in [0, 0.1) is 0 Å². The van der Waals surface area contributed by atoms with E-state index in [4.69, 9.17) is 4.74 Å². The number of hydrogen-bond donors (Lipinski definition) is 1. The number of carbonyl (C=O) groups is 1. The standard InChI is InChI=1S/C7H9NO2/c9-7-6(3-4-10-7)8-5-1-2-5/h3,5,8H,1-2,4H2. The number of cyclic esters (lactones) is 1. The molecule has 1 heterocycles. The molecule has 0 radical (unpaired) electrons. The molecule has 0 spiro atoms. The molecule has 1 fully saturated rings. The number of rotatable bonds is 2. The summed E-state index contributed by atoms with van der Waals surface area (Å²) in [7, 11) is 0. The van der Waals surface area contributed by atoms with Crippen molar-refractivity contribution in [2.75, 3.05) is 6.61 Å². The minimum Gasteiger partial charge on any atom is -0.457 e. The Morgan fingerprint density at radius 3 is 2.90 bits per heavy atom. The average molecular weight is 139 g/mol. The maximum absolute atomic E-state index is 10.8. The molecule has 0 atom stereocenters. The highest BCUT2D eigenvalue weighted by Gasteiger charge is 2.26. The van der Waals surface area contributed by atoms with Crippen molar-refractivity contribution in [2.45, 2.75) is 18.9 Å². The molecule has 3 nitrogen and oxygen atoms in total. The Balaban J connectivity index is 1.95. The van der Waals surface area contributed by atoms with Crippen molar-refractivity contribution >= 4 is 5.97 Å². The lowest BCUT2D eigenvalue weighted by atomic mass is 10.4. The smallest absolute Gasteiger partial charge is 0.354 e. The summed E-state index contributed by atoms with van der Waals surface area (Å²) in [4.78, 5) is 10.8. The van der Waals surface area contributed by atoms with Crippen LogP contribution in [0.1, 0.15) is 12.8 Å². The predicted molar refractivity (Wildman–Crippen MR) is 35.2 cm³/mol. The van der Waals surface area contributed by atoms with Gasteiger partial charge in [0.15, 0.2) is 0 Å². The van der Waals surface area contributed by atoms with E-state index >= 15 is 0 Å². The van der Waals surface area contributed by atoms with Crippen LogP contribution >= 0.6 is 0 Å². The van der Waals surface area contributed by atoms with Gasteiger partial charge in [-0.05, 0) is 18.9 Å². The zero-order valence-corrected chi connectivity index (χ0v) is 5.59. The van der Waals surface area contributed by atoms with Gasteiger partial charge in [-0.3, -0.25) is 0 Å². The summed E-state index contributed by atoms with van der Waals surface area (Å²) in [6.07, 6.45) is 4.16. The van der Waals surface area contributed by atoms with Crippen molar-refractivity contribution in [1.29, 1.82) is 0 Å². The molecule has 1 aliphatic heterocycles. The molecule has 0 aromatic carbocycles. The first-order chi connectivity index (χ1) is 4.86. The molecule has 0 aromatic rings. The topological polar surface area (TPSA) is 38.3 Å². The molecule has 3 heteroatoms. The van der Waals surface area contributed by atoms with Crippen molar-refractivity contribution < 1.29 is 9.53 Å². The predicted octanol–water partition coefficient (Wildman–Crippen LogP) is 0.179. The van der Waals surface area contributed by atoms with Crippen LogP contribution in [0.15, 0.2) is 11.8 Å². The van der Waals surface area contributed by atoms with Gasteiger partial charge in [-0.25, -0.2) is 4.79 Å². The number of hydrogen-bond acceptors (Lipinski definition) is 3. The van der Waals surface area contributed by atoms with Gasteiger partial charge in [0.1, 0.15) is 12.3 Å². The van der Waals surface area contributed by atoms with Gasteiger partial charge in [-0.15, -0.1) is 0 Å². The van der Waals surface area contributed by atoms with Crippen molar-refractivity contribution in [3.8, 4) is 0 Å². The molecular formula is C7H9NO2. The Hall–Kier alpha value is -0.990. The van der Waals surface area contributed by atoms with E-state index < -0.39 is 0 Å². The number of carbonyl (C=O) groups excluding carboxylic acids is 1. The molecule has 10 heavy (non-hydrogen) atoms. The summed E-state index contributed by atoms with van der Waals surface area (Å²) in [5.74, 6) is -0.202. The van der Waals surface area contributed by atoms with Crippen molar-refractivity contribution in [3.63, 3.8) is 0 Å². The second-order valence-corrected chi connectivity index (χ2v) is 2.63. The van der Waals surface area contributed by atoms with Crippen LogP contribution in [0.2, 0.25) is 0 Å². The number of nitrogens with one attached hydrogen (secondary N) is 1. The van der Waals surface area contributed by atoms with E-state index in [0.29, 0.717) is 18.3 Å². The first-order valence-electron chi connectivity index (χ1n) is 3.50. The third-order valence-electron chi connectivity index (χ3n) is 1.66. The highest BCUT2D eigenvalue weighted by Crippen LogP contribution is 2.21. The van der Waals surface area contributed by atoms with Gasteiger partial charge in [-0.2, -0.15) is 0 Å². The van der Waals surface area contributed by atoms with E-state index in [1.165, 1.54) is 12.8 Å². The van der Waals surface area contributed by atoms with Crippen LogP contribution in [0.4, 0.5) is 0 Å². The Morgan fingerprint density at radius 2 is 2.40 bits per heavy atom. The van der Waals surface area contributed by atoms with Crippen LogP contribution in [0.5, 0.6) is 0 Å². The van der Waals surface area contributed by atoms with E-state index in [-0.39, 0.29) is 5.97 Å². The van der Waals surface area contributed by atoms with Crippen LogP contribution < -0.4 is 5.32 Å². The zero-order valence-electron chi connectivity index (χ0n) is 5.59. The maximum Gasteiger partial charge on any atom is 0.354 e. The number of ether oxygens (including phenoxy) is 1. The third-order valence-corrected chi connectivity index (χ3v) is 1.66. The Bertz CT molecular complexity index is 194. The second-order valence-electron chi connectivity index (χ2n) is 2.63. The van der Waals surface area contributed by atoms with E-state index in [2.05, 4.69) is 5.32 Å². The van der Waals surface area contributed by atoms with Crippen molar-refractivity contribution in [2.24, 2.45) is 0 Å². The molecule has 0 aromatic heterocycles. The molecule has 0 unspecified atom stereocenters. The molecule has 0 bridgehead atoms. The summed E-state index contributed by atoms with van der Waals surface area (Å²) >= 11 is 0. The maximum atomic E-state index is 10.8. The van der Waals surface area contributed by atoms with E-state index in [9.17, 15) is 4.79 Å². The fraction of sp³-hybridized carbons (Fsp3) is 0.571. The molecule has 0 amide bonds. The van der Waals surface area contributed by atoms with Crippen LogP contribution in [-0.2, 0) is 9.53 Å². The van der Waals surface area contributed by atoms with Gasteiger partial charge in [-0.1, -0.05) is 0 Å². The minimum absolute atomic E-state index is 0.202. The van der Waals surface area contributed by atoms with Crippen molar-refractivity contribution in [3.05, 3.63) is 11.8 Å². The lowest BCUT2D eigenvalue weighted by Gasteiger charge is -1.99. The molecule has 1 saturated carbocycles. The van der Waals surface area contributed by atoms with Gasteiger partial charge >= 0.3 is 5.97 Å². The summed E-state index contributed by atoms with van der Waals surface area (Å²) in [6, 6.07) is 0.539. The summed E-state index contributed by atoms with van der Waals surface area (Å²) in [5.41, 5.74) is 0.655. The molecule has 1 N–H and O–H groups in total. The molecule has 2 rings (SSSR count). The average Bonchev–Trinajstić information content (AvgIpc) is 2.62. The highest BCUT2D eigenvalue weighted by atomic mass is 16.5. The quantitative estimate of drug-likeness (QED) is 0.554. The summed E-state index contributed by atoms with van der Waals surface area (Å²) < 4.78 is 4.70. The normalized spacial score (nSPS) is 24.0. The first kappa shape index (κ1) is 5.77. The molecule has 54 valence electrons. The highest BCUT2D eigenvalue weighted by molar-refractivity contribution is 5.89. The Kier molecular flexibility index (Phi) is 1.16. The van der Waals surface area contributed by atoms with Gasteiger partial charge in [0.2, 0.25) is 0 Å². The fourth-order valence-corrected chi connectivity index (χ4v) is 0.927. The molecular weight excluding hydrogens is 130 g/mol. The lowest BCUT2D eigenvalue weighted by molar-refractivity contribution is -0.136. The third kappa shape index (κ3) is 0.988. The van der Waals surface area contributed by atoms with Crippen LogP contribution in [0.3, 0.4) is 0 Å². The lowest BCUT2D eigenvalue weighted by Crippen LogP contribution is -2.20. The molecule has 2 aliphatic rings. The Labute approximate surface area is 59.1 Å². The van der Waals surface area contributed by atoms with Gasteiger partial charge in [0, 0.05) is 6.04 Å². The van der Waals surface area contributed by atoms with Crippen LogP contribution in [0.25, 0.3) is 0 Å². The minimum atomic E-state index is -0.202. The SMILES string of the molecule is O=C1OCC=C1NC1CC1. The van der Waals surface area contributed by atoms with Crippen molar-refractivity contribution in [1.82, 2.24) is 5.32 Å². The van der Waals surface area contributed by atoms with Gasteiger partial charge in [0.25, 0.3) is 0 Å². The Morgan fingerprint density at radius 1 is 1.60 bits per heavy atom. The molecule has 1 aliphatic carbocycles. The fourth-order valence-electron chi connectivity index (χ4n) is 0.927. The van der Waals surface area contributed by atoms with Crippen LogP contribution in [-0.4, -0.2) is 18.6 Å². The first-order valence-corrected chi connectivity index (χ1v) is 3.50.